The smallest absolute Gasteiger partial charge is 0.368 e. The minimum atomic E-state index is -4.43. The van der Waals surface area contributed by atoms with Crippen molar-refractivity contribution >= 4 is 27.3 Å². The zero-order chi connectivity index (χ0) is 25.9. The first-order valence-electron chi connectivity index (χ1n) is 11.4. The normalized spacial score (nSPS) is 14.6. The van der Waals surface area contributed by atoms with Gasteiger partial charge in [0.2, 0.25) is 10.0 Å². The molecule has 1 fully saturated rings. The summed E-state index contributed by atoms with van der Waals surface area (Å²) in [5.41, 5.74) is 1.05. The Bertz CT molecular complexity index is 1320. The molecular formula is C26H26F3N3O3S. The molecule has 0 N–H and O–H groups in total. The van der Waals surface area contributed by atoms with Gasteiger partial charge in [-0.05, 0) is 35.9 Å². The van der Waals surface area contributed by atoms with Gasteiger partial charge in [0.15, 0.2) is 0 Å². The van der Waals surface area contributed by atoms with Crippen LogP contribution in [-0.4, -0.2) is 51.7 Å². The van der Waals surface area contributed by atoms with Crippen LogP contribution < -0.4 is 9.21 Å². The number of benzene rings is 3. The van der Waals surface area contributed by atoms with Gasteiger partial charge >= 0.3 is 6.18 Å². The lowest BCUT2D eigenvalue weighted by atomic mass is 10.1. The van der Waals surface area contributed by atoms with Crippen LogP contribution >= 0.6 is 0 Å². The van der Waals surface area contributed by atoms with E-state index < -0.39 is 21.8 Å². The molecule has 0 saturated carbocycles. The summed E-state index contributed by atoms with van der Waals surface area (Å²) in [6.45, 7) is 1.37. The van der Waals surface area contributed by atoms with Gasteiger partial charge in [0, 0.05) is 31.9 Å². The van der Waals surface area contributed by atoms with Gasteiger partial charge in [-0.1, -0.05) is 48.5 Å². The number of alkyl halides is 3. The maximum absolute atomic E-state index is 13.5. The van der Waals surface area contributed by atoms with Gasteiger partial charge in [-0.2, -0.15) is 13.2 Å². The third kappa shape index (κ3) is 5.81. The monoisotopic (exact) mass is 517 g/mol. The molecule has 4 rings (SSSR count). The molecule has 1 heterocycles. The number of carbonyl (C=O) groups is 1. The van der Waals surface area contributed by atoms with E-state index in [1.165, 1.54) is 10.4 Å². The lowest BCUT2D eigenvalue weighted by Crippen LogP contribution is -2.49. The second-order valence-electron chi connectivity index (χ2n) is 8.60. The van der Waals surface area contributed by atoms with Crippen molar-refractivity contribution in [3.05, 3.63) is 95.6 Å². The van der Waals surface area contributed by atoms with Gasteiger partial charge in [-0.3, -0.25) is 9.10 Å². The van der Waals surface area contributed by atoms with Crippen LogP contribution in [0.3, 0.4) is 0 Å². The highest BCUT2D eigenvalue weighted by molar-refractivity contribution is 7.92. The summed E-state index contributed by atoms with van der Waals surface area (Å²) >= 11 is 0. The topological polar surface area (TPSA) is 60.9 Å². The fourth-order valence-corrected chi connectivity index (χ4v) is 5.12. The van der Waals surface area contributed by atoms with Crippen molar-refractivity contribution in [2.45, 2.75) is 12.7 Å². The van der Waals surface area contributed by atoms with Gasteiger partial charge in [-0.25, -0.2) is 8.42 Å². The maximum atomic E-state index is 13.5. The summed E-state index contributed by atoms with van der Waals surface area (Å²) in [6, 6.07) is 20.8. The van der Waals surface area contributed by atoms with Crippen LogP contribution in [0.15, 0.2) is 78.9 Å². The molecule has 1 saturated heterocycles. The second kappa shape index (κ2) is 10.2. The fraction of sp³-hybridized carbons (Fsp3) is 0.269. The summed E-state index contributed by atoms with van der Waals surface area (Å²) in [5, 5.41) is 0. The summed E-state index contributed by atoms with van der Waals surface area (Å²) in [7, 11) is -3.70. The van der Waals surface area contributed by atoms with Crippen molar-refractivity contribution in [2.75, 3.05) is 41.6 Å². The molecular weight excluding hydrogens is 491 g/mol. The molecule has 0 radical (unpaired) electrons. The Balaban J connectivity index is 1.53. The number of para-hydroxylation sites is 1. The number of carbonyl (C=O) groups excluding carboxylic acids is 1. The van der Waals surface area contributed by atoms with Crippen molar-refractivity contribution in [3.63, 3.8) is 0 Å². The third-order valence-corrected chi connectivity index (χ3v) is 7.20. The Morgan fingerprint density at radius 1 is 0.889 bits per heavy atom. The highest BCUT2D eigenvalue weighted by Crippen LogP contribution is 2.32. The summed E-state index contributed by atoms with van der Waals surface area (Å²) in [4.78, 5) is 16.9. The van der Waals surface area contributed by atoms with E-state index in [9.17, 15) is 26.4 Å². The van der Waals surface area contributed by atoms with Gasteiger partial charge < -0.3 is 9.80 Å². The van der Waals surface area contributed by atoms with Crippen LogP contribution in [0.1, 0.15) is 21.5 Å². The van der Waals surface area contributed by atoms with E-state index >= 15 is 0 Å². The number of hydrogen-bond acceptors (Lipinski definition) is 4. The molecule has 3 aromatic carbocycles. The Morgan fingerprint density at radius 3 is 2.17 bits per heavy atom. The fourth-order valence-electron chi connectivity index (χ4n) is 4.22. The van der Waals surface area contributed by atoms with E-state index in [2.05, 4.69) is 0 Å². The highest BCUT2D eigenvalue weighted by atomic mass is 32.2. The minimum Gasteiger partial charge on any atom is -0.368 e. The van der Waals surface area contributed by atoms with Crippen LogP contribution in [0.4, 0.5) is 24.5 Å². The van der Waals surface area contributed by atoms with E-state index in [4.69, 9.17) is 0 Å². The van der Waals surface area contributed by atoms with Crippen LogP contribution in [-0.2, 0) is 22.7 Å². The molecule has 0 aromatic heterocycles. The van der Waals surface area contributed by atoms with Crippen LogP contribution in [0.25, 0.3) is 0 Å². The second-order valence-corrected chi connectivity index (χ2v) is 10.5. The molecule has 0 spiro atoms. The predicted octanol–water partition coefficient (Wildman–Crippen LogP) is 4.63. The molecule has 1 aliphatic rings. The molecule has 0 aliphatic carbocycles. The average molecular weight is 518 g/mol. The number of piperazine rings is 1. The van der Waals surface area contributed by atoms with Crippen LogP contribution in [0.2, 0.25) is 0 Å². The number of anilines is 2. The van der Waals surface area contributed by atoms with E-state index in [0.29, 0.717) is 31.9 Å². The van der Waals surface area contributed by atoms with E-state index in [0.717, 1.165) is 24.0 Å². The van der Waals surface area contributed by atoms with Crippen LogP contribution in [0, 0.1) is 0 Å². The highest BCUT2D eigenvalue weighted by Gasteiger charge is 2.32. The van der Waals surface area contributed by atoms with Crippen molar-refractivity contribution in [1.82, 2.24) is 4.90 Å². The first-order valence-corrected chi connectivity index (χ1v) is 13.2. The predicted molar refractivity (Wildman–Crippen MR) is 133 cm³/mol. The zero-order valence-electron chi connectivity index (χ0n) is 19.6. The van der Waals surface area contributed by atoms with Gasteiger partial charge in [-0.15, -0.1) is 0 Å². The first kappa shape index (κ1) is 25.6. The first-order chi connectivity index (χ1) is 17.0. The van der Waals surface area contributed by atoms with Crippen molar-refractivity contribution in [1.29, 1.82) is 0 Å². The van der Waals surface area contributed by atoms with Crippen LogP contribution in [0.5, 0.6) is 0 Å². The third-order valence-electron chi connectivity index (χ3n) is 6.08. The van der Waals surface area contributed by atoms with Crippen molar-refractivity contribution in [3.8, 4) is 0 Å². The molecule has 0 atom stereocenters. The van der Waals surface area contributed by atoms with Crippen molar-refractivity contribution in [2.24, 2.45) is 0 Å². The Kier molecular flexibility index (Phi) is 7.26. The minimum absolute atomic E-state index is 0.0767. The number of halogens is 3. The summed E-state index contributed by atoms with van der Waals surface area (Å²) in [6.07, 6.45) is -3.33. The molecule has 0 unspecified atom stereocenters. The number of hydrogen-bond donors (Lipinski definition) is 0. The molecule has 6 nitrogen and oxygen atoms in total. The van der Waals surface area contributed by atoms with Gasteiger partial charge in [0.05, 0.1) is 29.6 Å². The Morgan fingerprint density at radius 2 is 1.53 bits per heavy atom. The van der Waals surface area contributed by atoms with Crippen molar-refractivity contribution < 1.29 is 26.4 Å². The lowest BCUT2D eigenvalue weighted by Gasteiger charge is -2.37. The van der Waals surface area contributed by atoms with E-state index in [1.54, 1.807) is 35.2 Å². The molecule has 1 amide bonds. The van der Waals surface area contributed by atoms with Gasteiger partial charge in [0.25, 0.3) is 5.91 Å². The molecule has 1 aliphatic heterocycles. The SMILES string of the molecule is CS(=O)(=O)N(Cc1ccccc1)c1ccccc1C(=O)N1CCN(c2cccc(C(F)(F)F)c2)CC1. The number of amides is 1. The molecule has 3 aromatic rings. The standard InChI is InChI=1S/C26H26F3N3O3S/c1-36(34,35)32(19-20-8-3-2-4-9-20)24-13-6-5-12-23(24)25(33)31-16-14-30(15-17-31)22-11-7-10-21(18-22)26(27,28)29/h2-13,18H,14-17,19H2,1H3. The number of sulfonamides is 1. The Labute approximate surface area is 208 Å². The number of rotatable bonds is 6. The largest absolute Gasteiger partial charge is 0.416 e. The molecule has 0 bridgehead atoms. The molecule has 36 heavy (non-hydrogen) atoms. The Hall–Kier alpha value is -3.53. The maximum Gasteiger partial charge on any atom is 0.416 e. The zero-order valence-corrected chi connectivity index (χ0v) is 20.5. The van der Waals surface area contributed by atoms with Gasteiger partial charge in [0.1, 0.15) is 0 Å². The van der Waals surface area contributed by atoms with E-state index in [-0.39, 0.29) is 23.7 Å². The average Bonchev–Trinajstić information content (AvgIpc) is 2.86. The molecule has 10 heteroatoms. The quantitative estimate of drug-likeness (QED) is 0.478. The van der Waals surface area contributed by atoms with E-state index in [1.807, 2.05) is 35.2 Å². The summed E-state index contributed by atoms with van der Waals surface area (Å²) < 4.78 is 65.9. The molecule has 190 valence electrons. The summed E-state index contributed by atoms with van der Waals surface area (Å²) in [5.74, 6) is -0.323. The number of nitrogens with zero attached hydrogens (tertiary/aromatic N) is 3. The lowest BCUT2D eigenvalue weighted by molar-refractivity contribution is -0.137.